The highest BCUT2D eigenvalue weighted by atomic mass is 32.2. The first-order chi connectivity index (χ1) is 8.87. The van der Waals surface area contributed by atoms with Crippen molar-refractivity contribution in [2.24, 2.45) is 0 Å². The van der Waals surface area contributed by atoms with Crippen LogP contribution in [0.15, 0.2) is 41.4 Å². The molecule has 19 heavy (non-hydrogen) atoms. The molecule has 3 N–H and O–H groups in total. The first-order valence-electron chi connectivity index (χ1n) is 5.07. The molecule has 0 spiro atoms. The van der Waals surface area contributed by atoms with Gasteiger partial charge in [-0.3, -0.25) is 4.72 Å². The van der Waals surface area contributed by atoms with E-state index in [2.05, 4.69) is 9.71 Å². The summed E-state index contributed by atoms with van der Waals surface area (Å²) in [5.74, 6) is -1.73. The number of benzene rings is 1. The van der Waals surface area contributed by atoms with E-state index in [-0.39, 0.29) is 11.5 Å². The number of pyridine rings is 1. The Kier molecular flexibility index (Phi) is 3.34. The number of rotatable bonds is 3. The maximum atomic E-state index is 13.0. The quantitative estimate of drug-likeness (QED) is 0.899. The number of hydrogen-bond donors (Lipinski definition) is 2. The molecule has 0 radical (unpaired) electrons. The number of nitrogen functional groups attached to an aromatic ring is 1. The van der Waals surface area contributed by atoms with Crippen molar-refractivity contribution >= 4 is 21.5 Å². The molecular formula is C11H9F2N3O2S. The predicted octanol–water partition coefficient (Wildman–Crippen LogP) is 1.74. The minimum atomic E-state index is -4.08. The van der Waals surface area contributed by atoms with E-state index < -0.39 is 26.6 Å². The molecule has 8 heteroatoms. The van der Waals surface area contributed by atoms with Crippen LogP contribution in [-0.2, 0) is 10.0 Å². The summed E-state index contributed by atoms with van der Waals surface area (Å²) in [6.07, 6.45) is 1.20. The number of halogens is 2. The van der Waals surface area contributed by atoms with Crippen molar-refractivity contribution in [1.29, 1.82) is 0 Å². The van der Waals surface area contributed by atoms with Gasteiger partial charge in [-0.15, -0.1) is 0 Å². The largest absolute Gasteiger partial charge is 0.384 e. The first-order valence-corrected chi connectivity index (χ1v) is 6.55. The van der Waals surface area contributed by atoms with Crippen LogP contribution in [0.3, 0.4) is 0 Å². The van der Waals surface area contributed by atoms with Crippen LogP contribution in [-0.4, -0.2) is 13.4 Å². The van der Waals surface area contributed by atoms with Crippen LogP contribution in [0.2, 0.25) is 0 Å². The van der Waals surface area contributed by atoms with Crippen LogP contribution in [0, 0.1) is 11.6 Å². The normalized spacial score (nSPS) is 11.3. The van der Waals surface area contributed by atoms with E-state index in [9.17, 15) is 17.2 Å². The highest BCUT2D eigenvalue weighted by Crippen LogP contribution is 2.18. The summed E-state index contributed by atoms with van der Waals surface area (Å²) in [6, 6.07) is 4.80. The van der Waals surface area contributed by atoms with Crippen LogP contribution in [0.1, 0.15) is 0 Å². The standard InChI is InChI=1S/C11H9F2N3O2S/c12-7-3-8(13)5-10(4-7)19(17,18)16-9-1-2-11(14)15-6-9/h1-6,16H,(H2,14,15). The minimum absolute atomic E-state index is 0.138. The second-order valence-corrected chi connectivity index (χ2v) is 5.36. The van der Waals surface area contributed by atoms with Crippen molar-refractivity contribution in [1.82, 2.24) is 4.98 Å². The van der Waals surface area contributed by atoms with Gasteiger partial charge in [0.2, 0.25) is 0 Å². The molecule has 1 heterocycles. The van der Waals surface area contributed by atoms with Crippen molar-refractivity contribution in [3.63, 3.8) is 0 Å². The third-order valence-corrected chi connectivity index (χ3v) is 3.55. The monoisotopic (exact) mass is 285 g/mol. The lowest BCUT2D eigenvalue weighted by Crippen LogP contribution is -2.13. The Morgan fingerprint density at radius 3 is 2.26 bits per heavy atom. The van der Waals surface area contributed by atoms with E-state index in [1.165, 1.54) is 18.3 Å². The summed E-state index contributed by atoms with van der Waals surface area (Å²) in [7, 11) is -4.08. The second-order valence-electron chi connectivity index (χ2n) is 3.68. The molecule has 0 amide bonds. The van der Waals surface area contributed by atoms with Gasteiger partial charge in [-0.05, 0) is 24.3 Å². The number of sulfonamides is 1. The van der Waals surface area contributed by atoms with Crippen LogP contribution < -0.4 is 10.5 Å². The Morgan fingerprint density at radius 1 is 1.11 bits per heavy atom. The Bertz CT molecular complexity index is 682. The van der Waals surface area contributed by atoms with Gasteiger partial charge in [0, 0.05) is 6.07 Å². The Morgan fingerprint density at radius 2 is 1.74 bits per heavy atom. The molecule has 0 bridgehead atoms. The van der Waals surface area contributed by atoms with Crippen molar-refractivity contribution < 1.29 is 17.2 Å². The molecule has 2 aromatic rings. The van der Waals surface area contributed by atoms with Crippen molar-refractivity contribution in [3.8, 4) is 0 Å². The average molecular weight is 285 g/mol. The van der Waals surface area contributed by atoms with Crippen LogP contribution in [0.25, 0.3) is 0 Å². The number of anilines is 2. The van der Waals surface area contributed by atoms with Crippen molar-refractivity contribution in [2.45, 2.75) is 4.90 Å². The maximum absolute atomic E-state index is 13.0. The SMILES string of the molecule is Nc1ccc(NS(=O)(=O)c2cc(F)cc(F)c2)cn1. The Labute approximate surface area is 108 Å². The van der Waals surface area contributed by atoms with E-state index >= 15 is 0 Å². The molecule has 0 saturated heterocycles. The summed E-state index contributed by atoms with van der Waals surface area (Å²) in [4.78, 5) is 3.18. The fourth-order valence-electron chi connectivity index (χ4n) is 1.36. The average Bonchev–Trinajstić information content (AvgIpc) is 2.31. The van der Waals surface area contributed by atoms with Crippen molar-refractivity contribution in [3.05, 3.63) is 48.2 Å². The van der Waals surface area contributed by atoms with E-state index in [4.69, 9.17) is 5.73 Å². The van der Waals surface area contributed by atoms with Crippen LogP contribution in [0.4, 0.5) is 20.3 Å². The molecule has 0 atom stereocenters. The molecule has 100 valence electrons. The van der Waals surface area contributed by atoms with Gasteiger partial charge < -0.3 is 5.73 Å². The fourth-order valence-corrected chi connectivity index (χ4v) is 2.45. The zero-order valence-corrected chi connectivity index (χ0v) is 10.3. The lowest BCUT2D eigenvalue weighted by molar-refractivity contribution is 0.568. The molecule has 2 rings (SSSR count). The van der Waals surface area contributed by atoms with Crippen LogP contribution >= 0.6 is 0 Å². The molecule has 0 saturated carbocycles. The topological polar surface area (TPSA) is 85.1 Å². The van der Waals surface area contributed by atoms with Gasteiger partial charge in [-0.1, -0.05) is 0 Å². The van der Waals surface area contributed by atoms with Gasteiger partial charge in [-0.2, -0.15) is 0 Å². The van der Waals surface area contributed by atoms with Gasteiger partial charge in [0.1, 0.15) is 17.5 Å². The van der Waals surface area contributed by atoms with Gasteiger partial charge in [0.05, 0.1) is 16.8 Å². The third kappa shape index (κ3) is 3.16. The zero-order valence-electron chi connectivity index (χ0n) is 9.47. The molecule has 0 aliphatic rings. The Balaban J connectivity index is 2.34. The fraction of sp³-hybridized carbons (Fsp3) is 0. The molecule has 0 aliphatic heterocycles. The lowest BCUT2D eigenvalue weighted by Gasteiger charge is -2.08. The highest BCUT2D eigenvalue weighted by Gasteiger charge is 2.16. The molecule has 0 fully saturated rings. The summed E-state index contributed by atoms with van der Waals surface area (Å²) in [5.41, 5.74) is 5.49. The summed E-state index contributed by atoms with van der Waals surface area (Å²) in [5, 5.41) is 0. The summed E-state index contributed by atoms with van der Waals surface area (Å²) < 4.78 is 51.9. The number of nitrogens with zero attached hydrogens (tertiary/aromatic N) is 1. The molecule has 5 nitrogen and oxygen atoms in total. The zero-order chi connectivity index (χ0) is 14.0. The molecule has 0 unspecified atom stereocenters. The summed E-state index contributed by atoms with van der Waals surface area (Å²) in [6.45, 7) is 0. The number of nitrogens with two attached hydrogens (primary N) is 1. The van der Waals surface area contributed by atoms with E-state index in [1.54, 1.807) is 0 Å². The Hall–Kier alpha value is -2.22. The second kappa shape index (κ2) is 4.81. The number of aromatic nitrogens is 1. The third-order valence-electron chi connectivity index (χ3n) is 2.18. The van der Waals surface area contributed by atoms with E-state index in [1.807, 2.05) is 0 Å². The van der Waals surface area contributed by atoms with Crippen molar-refractivity contribution in [2.75, 3.05) is 10.5 Å². The minimum Gasteiger partial charge on any atom is -0.384 e. The highest BCUT2D eigenvalue weighted by molar-refractivity contribution is 7.92. The maximum Gasteiger partial charge on any atom is 0.262 e. The molecular weight excluding hydrogens is 276 g/mol. The molecule has 0 aliphatic carbocycles. The number of hydrogen-bond acceptors (Lipinski definition) is 4. The van der Waals surface area contributed by atoms with Gasteiger partial charge in [-0.25, -0.2) is 22.2 Å². The van der Waals surface area contributed by atoms with Gasteiger partial charge in [0.25, 0.3) is 10.0 Å². The van der Waals surface area contributed by atoms with Crippen LogP contribution in [0.5, 0.6) is 0 Å². The number of nitrogens with one attached hydrogen (secondary N) is 1. The van der Waals surface area contributed by atoms with Gasteiger partial charge >= 0.3 is 0 Å². The van der Waals surface area contributed by atoms with E-state index in [0.29, 0.717) is 6.07 Å². The lowest BCUT2D eigenvalue weighted by atomic mass is 10.3. The first kappa shape index (κ1) is 13.2. The predicted molar refractivity (Wildman–Crippen MR) is 65.8 cm³/mol. The smallest absolute Gasteiger partial charge is 0.262 e. The summed E-state index contributed by atoms with van der Waals surface area (Å²) >= 11 is 0. The van der Waals surface area contributed by atoms with E-state index in [0.717, 1.165) is 12.1 Å². The van der Waals surface area contributed by atoms with Gasteiger partial charge in [0.15, 0.2) is 0 Å². The molecule has 1 aromatic heterocycles. The molecule has 1 aromatic carbocycles.